The fourth-order valence-electron chi connectivity index (χ4n) is 1.38. The van der Waals surface area contributed by atoms with E-state index in [0.29, 0.717) is 10.8 Å². The van der Waals surface area contributed by atoms with Gasteiger partial charge in [-0.15, -0.1) is 23.2 Å². The smallest absolute Gasteiger partial charge is 0.0336 e. The molecule has 60 valence electrons. The molecule has 0 aromatic heterocycles. The van der Waals surface area contributed by atoms with Crippen molar-refractivity contribution in [2.24, 2.45) is 0 Å². The van der Waals surface area contributed by atoms with Crippen LogP contribution in [-0.2, 0) is 0 Å². The molecular formula is C8H14Cl2. The van der Waals surface area contributed by atoms with Crippen LogP contribution in [0.5, 0.6) is 0 Å². The van der Waals surface area contributed by atoms with Crippen LogP contribution in [-0.4, -0.2) is 10.8 Å². The van der Waals surface area contributed by atoms with Gasteiger partial charge in [0.05, 0.1) is 0 Å². The maximum absolute atomic E-state index is 6.00. The molecule has 0 spiro atoms. The molecule has 1 rings (SSSR count). The van der Waals surface area contributed by atoms with E-state index in [-0.39, 0.29) is 0 Å². The van der Waals surface area contributed by atoms with Crippen LogP contribution in [0.15, 0.2) is 0 Å². The summed E-state index contributed by atoms with van der Waals surface area (Å²) in [6, 6.07) is 0. The lowest BCUT2D eigenvalue weighted by Crippen LogP contribution is -2.08. The van der Waals surface area contributed by atoms with Crippen LogP contribution in [0.3, 0.4) is 0 Å². The Bertz CT molecular complexity index is 81.3. The fourth-order valence-corrected chi connectivity index (χ4v) is 1.94. The van der Waals surface area contributed by atoms with E-state index in [1.807, 2.05) is 0 Å². The first-order valence-corrected chi connectivity index (χ1v) is 4.94. The average molecular weight is 181 g/mol. The van der Waals surface area contributed by atoms with E-state index in [1.165, 1.54) is 25.7 Å². The summed E-state index contributed by atoms with van der Waals surface area (Å²) in [6.07, 6.45) is 7.11. The molecule has 0 saturated heterocycles. The molecule has 1 aliphatic rings. The molecule has 0 aromatic carbocycles. The van der Waals surface area contributed by atoms with Gasteiger partial charge in [0.1, 0.15) is 0 Å². The number of hydrogen-bond acceptors (Lipinski definition) is 0. The van der Waals surface area contributed by atoms with Gasteiger partial charge in [0, 0.05) is 10.8 Å². The minimum Gasteiger partial charge on any atom is -0.123 e. The van der Waals surface area contributed by atoms with Gasteiger partial charge in [-0.1, -0.05) is 12.8 Å². The lowest BCUT2D eigenvalue weighted by Gasteiger charge is -2.16. The lowest BCUT2D eigenvalue weighted by molar-refractivity contribution is 0.514. The molecule has 1 aliphatic carbocycles. The Balaban J connectivity index is 2.23. The van der Waals surface area contributed by atoms with Crippen molar-refractivity contribution in [3.8, 4) is 0 Å². The second-order valence-electron chi connectivity index (χ2n) is 3.06. The summed E-state index contributed by atoms with van der Waals surface area (Å²) in [5.74, 6) is 0. The van der Waals surface area contributed by atoms with Crippen molar-refractivity contribution in [2.75, 3.05) is 0 Å². The minimum absolute atomic E-state index is 0.390. The van der Waals surface area contributed by atoms with Crippen LogP contribution in [0.4, 0.5) is 0 Å². The molecule has 0 nitrogen and oxygen atoms in total. The first-order chi connectivity index (χ1) is 4.79. The third kappa shape index (κ3) is 3.12. The molecule has 1 fully saturated rings. The number of rotatable bonds is 0. The standard InChI is InChI=1S/C8H14Cl2/c9-7-3-1-2-4-8(10)6-5-7/h7-8H,1-6H2/t7-,8+. The van der Waals surface area contributed by atoms with Crippen molar-refractivity contribution in [3.05, 3.63) is 0 Å². The van der Waals surface area contributed by atoms with E-state index in [1.54, 1.807) is 0 Å². The van der Waals surface area contributed by atoms with Crippen molar-refractivity contribution in [3.63, 3.8) is 0 Å². The van der Waals surface area contributed by atoms with Crippen LogP contribution in [0.25, 0.3) is 0 Å². The third-order valence-electron chi connectivity index (χ3n) is 2.08. The normalized spacial score (nSPS) is 36.6. The van der Waals surface area contributed by atoms with Crippen molar-refractivity contribution in [2.45, 2.75) is 49.3 Å². The Kier molecular flexibility index (Phi) is 3.87. The Morgan fingerprint density at radius 1 is 0.700 bits per heavy atom. The number of alkyl halides is 2. The predicted molar refractivity (Wildman–Crippen MR) is 47.0 cm³/mol. The second kappa shape index (κ2) is 4.46. The van der Waals surface area contributed by atoms with Crippen LogP contribution in [0.1, 0.15) is 38.5 Å². The van der Waals surface area contributed by atoms with Gasteiger partial charge in [-0.25, -0.2) is 0 Å². The highest BCUT2D eigenvalue weighted by molar-refractivity contribution is 6.21. The van der Waals surface area contributed by atoms with E-state index in [4.69, 9.17) is 23.2 Å². The van der Waals surface area contributed by atoms with Gasteiger partial charge in [0.25, 0.3) is 0 Å². The molecule has 0 bridgehead atoms. The topological polar surface area (TPSA) is 0 Å². The molecule has 1 saturated carbocycles. The molecule has 0 radical (unpaired) electrons. The zero-order chi connectivity index (χ0) is 7.40. The molecular weight excluding hydrogens is 167 g/mol. The van der Waals surface area contributed by atoms with E-state index < -0.39 is 0 Å². The average Bonchev–Trinajstić information content (AvgIpc) is 1.90. The summed E-state index contributed by atoms with van der Waals surface area (Å²) in [4.78, 5) is 0. The summed E-state index contributed by atoms with van der Waals surface area (Å²) in [5, 5.41) is 0.781. The van der Waals surface area contributed by atoms with Crippen molar-refractivity contribution >= 4 is 23.2 Å². The molecule has 0 heterocycles. The predicted octanol–water partition coefficient (Wildman–Crippen LogP) is 3.56. The van der Waals surface area contributed by atoms with Gasteiger partial charge in [-0.05, 0) is 25.7 Å². The highest BCUT2D eigenvalue weighted by Gasteiger charge is 2.12. The highest BCUT2D eigenvalue weighted by atomic mass is 35.5. The molecule has 2 atom stereocenters. The minimum atomic E-state index is 0.390. The largest absolute Gasteiger partial charge is 0.123 e. The summed E-state index contributed by atoms with van der Waals surface area (Å²) in [7, 11) is 0. The molecule has 0 aromatic rings. The summed E-state index contributed by atoms with van der Waals surface area (Å²) in [5.41, 5.74) is 0. The Morgan fingerprint density at radius 2 is 1.10 bits per heavy atom. The van der Waals surface area contributed by atoms with Crippen LogP contribution in [0, 0.1) is 0 Å². The molecule has 10 heavy (non-hydrogen) atoms. The maximum Gasteiger partial charge on any atom is 0.0336 e. The quantitative estimate of drug-likeness (QED) is 0.501. The first-order valence-electron chi connectivity index (χ1n) is 4.07. The maximum atomic E-state index is 6.00. The van der Waals surface area contributed by atoms with Crippen molar-refractivity contribution < 1.29 is 0 Å². The molecule has 0 amide bonds. The second-order valence-corrected chi connectivity index (χ2v) is 4.29. The zero-order valence-electron chi connectivity index (χ0n) is 6.15. The zero-order valence-corrected chi connectivity index (χ0v) is 7.67. The van der Waals surface area contributed by atoms with Gasteiger partial charge in [-0.2, -0.15) is 0 Å². The monoisotopic (exact) mass is 180 g/mol. The summed E-state index contributed by atoms with van der Waals surface area (Å²) in [6.45, 7) is 0. The van der Waals surface area contributed by atoms with Gasteiger partial charge in [-0.3, -0.25) is 0 Å². The fraction of sp³-hybridized carbons (Fsp3) is 1.00. The van der Waals surface area contributed by atoms with Gasteiger partial charge >= 0.3 is 0 Å². The molecule has 2 heteroatoms. The molecule has 0 aliphatic heterocycles. The van der Waals surface area contributed by atoms with Crippen molar-refractivity contribution in [1.29, 1.82) is 0 Å². The summed E-state index contributed by atoms with van der Waals surface area (Å²) >= 11 is 12.0. The molecule has 0 N–H and O–H groups in total. The third-order valence-corrected chi connectivity index (χ3v) is 2.95. The van der Waals surface area contributed by atoms with E-state index >= 15 is 0 Å². The summed E-state index contributed by atoms with van der Waals surface area (Å²) < 4.78 is 0. The van der Waals surface area contributed by atoms with Crippen LogP contribution in [0.2, 0.25) is 0 Å². The Labute approximate surface area is 72.9 Å². The lowest BCUT2D eigenvalue weighted by atomic mass is 10.0. The van der Waals surface area contributed by atoms with Crippen molar-refractivity contribution in [1.82, 2.24) is 0 Å². The first kappa shape index (κ1) is 8.67. The van der Waals surface area contributed by atoms with E-state index in [9.17, 15) is 0 Å². The van der Waals surface area contributed by atoms with Crippen LogP contribution >= 0.6 is 23.2 Å². The molecule has 0 unspecified atom stereocenters. The Morgan fingerprint density at radius 3 is 1.50 bits per heavy atom. The van der Waals surface area contributed by atoms with Gasteiger partial charge in [0.2, 0.25) is 0 Å². The number of hydrogen-bond donors (Lipinski definition) is 0. The van der Waals surface area contributed by atoms with E-state index in [0.717, 1.165) is 12.8 Å². The van der Waals surface area contributed by atoms with Gasteiger partial charge < -0.3 is 0 Å². The Hall–Kier alpha value is 0.580. The highest BCUT2D eigenvalue weighted by Crippen LogP contribution is 2.23. The van der Waals surface area contributed by atoms with Crippen LogP contribution < -0.4 is 0 Å². The van der Waals surface area contributed by atoms with E-state index in [2.05, 4.69) is 0 Å². The van der Waals surface area contributed by atoms with Gasteiger partial charge in [0.15, 0.2) is 0 Å². The SMILES string of the molecule is Cl[C@@H]1CCCC[C@H](Cl)CC1. The number of halogens is 2.